The fraction of sp³-hybridized carbons (Fsp3) is 0.500. The summed E-state index contributed by atoms with van der Waals surface area (Å²) < 4.78 is 23.8. The zero-order chi connectivity index (χ0) is 9.56. The van der Waals surface area contributed by atoms with E-state index in [1.54, 1.807) is 0 Å². The zero-order valence-electron chi connectivity index (χ0n) is 6.08. The molecule has 0 spiro atoms. The van der Waals surface area contributed by atoms with Crippen LogP contribution in [0.3, 0.4) is 0 Å². The molecule has 0 aliphatic rings. The van der Waals surface area contributed by atoms with Crippen molar-refractivity contribution in [1.82, 2.24) is 5.32 Å². The Morgan fingerprint density at radius 2 is 2.17 bits per heavy atom. The van der Waals surface area contributed by atoms with E-state index < -0.39 is 13.0 Å². The molecule has 12 heavy (non-hydrogen) atoms. The maximum Gasteiger partial charge on any atom is 0.255 e. The van der Waals surface area contributed by atoms with Crippen LogP contribution < -0.4 is 5.32 Å². The molecule has 0 amide bonds. The van der Waals surface area contributed by atoms with Gasteiger partial charge in [0.2, 0.25) is 0 Å². The first-order valence-corrected chi connectivity index (χ1v) is 5.00. The molecule has 0 saturated carbocycles. The van der Waals surface area contributed by atoms with Gasteiger partial charge in [-0.15, -0.1) is 0 Å². The molecule has 0 aliphatic heterocycles. The molecule has 0 unspecified atom stereocenters. The molecule has 0 radical (unpaired) electrons. The van der Waals surface area contributed by atoms with Crippen LogP contribution in [0.4, 0.5) is 8.78 Å². The van der Waals surface area contributed by atoms with Crippen molar-refractivity contribution in [2.75, 3.05) is 11.9 Å². The first-order chi connectivity index (χ1) is 5.61. The van der Waals surface area contributed by atoms with Gasteiger partial charge in [0.15, 0.2) is 0 Å². The maximum absolute atomic E-state index is 11.7. The Balaban J connectivity index is 4.05. The summed E-state index contributed by atoms with van der Waals surface area (Å²) in [6.07, 6.45) is -1.29. The summed E-state index contributed by atoms with van der Waals surface area (Å²) in [7, 11) is 0. The highest BCUT2D eigenvalue weighted by molar-refractivity contribution is 9.11. The highest BCUT2D eigenvalue weighted by Crippen LogP contribution is 2.09. The Bertz CT molecular complexity index is 182. The Labute approximate surface area is 86.2 Å². The lowest BCUT2D eigenvalue weighted by molar-refractivity contribution is 0.150. The highest BCUT2D eigenvalue weighted by atomic mass is 79.9. The quantitative estimate of drug-likeness (QED) is 0.457. The lowest BCUT2D eigenvalue weighted by Gasteiger charge is -2.06. The van der Waals surface area contributed by atoms with Gasteiger partial charge < -0.3 is 10.7 Å². The number of hydrogen-bond donors (Lipinski definition) is 2. The van der Waals surface area contributed by atoms with E-state index in [2.05, 4.69) is 37.2 Å². The van der Waals surface area contributed by atoms with Crippen molar-refractivity contribution in [3.63, 3.8) is 0 Å². The van der Waals surface area contributed by atoms with Gasteiger partial charge in [-0.05, 0) is 15.9 Å². The van der Waals surface area contributed by atoms with Gasteiger partial charge in [0.1, 0.15) is 0 Å². The molecule has 2 N–H and O–H groups in total. The molecule has 2 nitrogen and oxygen atoms in total. The van der Waals surface area contributed by atoms with Crippen molar-refractivity contribution in [3.05, 3.63) is 10.2 Å². The van der Waals surface area contributed by atoms with Crippen LogP contribution in [0.2, 0.25) is 0 Å². The monoisotopic (exact) mass is 304 g/mol. The van der Waals surface area contributed by atoms with Crippen LogP contribution in [-0.2, 0) is 0 Å². The van der Waals surface area contributed by atoms with E-state index >= 15 is 0 Å². The molecule has 0 rings (SSSR count). The van der Waals surface area contributed by atoms with E-state index in [-0.39, 0.29) is 0 Å². The topological polar surface area (TPSA) is 35.9 Å². The normalized spacial score (nSPS) is 12.8. The van der Waals surface area contributed by atoms with Crippen molar-refractivity contribution in [2.24, 2.45) is 0 Å². The molecule has 0 aromatic carbocycles. The molecule has 0 aromatic rings. The summed E-state index contributed by atoms with van der Waals surface area (Å²) >= 11 is 6.16. The lowest BCUT2D eigenvalue weighted by atomic mass is 10.4. The van der Waals surface area contributed by atoms with Gasteiger partial charge in [0.05, 0.1) is 11.2 Å². The van der Waals surface area contributed by atoms with Gasteiger partial charge in [0.25, 0.3) is 6.43 Å². The second-order valence-electron chi connectivity index (χ2n) is 1.89. The van der Waals surface area contributed by atoms with E-state index in [9.17, 15) is 8.78 Å². The van der Waals surface area contributed by atoms with Crippen molar-refractivity contribution in [3.8, 4) is 0 Å². The van der Waals surface area contributed by atoms with E-state index in [0.717, 1.165) is 6.21 Å². The fourth-order valence-corrected chi connectivity index (χ4v) is 1.68. The predicted octanol–water partition coefficient (Wildman–Crippen LogP) is 2.49. The molecular weight excluding hydrogens is 298 g/mol. The van der Waals surface area contributed by atoms with Gasteiger partial charge in [-0.2, -0.15) is 0 Å². The largest absolute Gasteiger partial charge is 0.373 e. The molecule has 0 bridgehead atoms. The van der Waals surface area contributed by atoms with E-state index in [1.165, 1.54) is 0 Å². The Hall–Kier alpha value is 0.0300. The molecule has 70 valence electrons. The van der Waals surface area contributed by atoms with Crippen LogP contribution in [0.5, 0.6) is 0 Å². The minimum atomic E-state index is -2.39. The smallest absolute Gasteiger partial charge is 0.255 e. The summed E-state index contributed by atoms with van der Waals surface area (Å²) in [4.78, 5) is 0. The Morgan fingerprint density at radius 1 is 1.58 bits per heavy atom. The van der Waals surface area contributed by atoms with Crippen LogP contribution in [0, 0.1) is 5.41 Å². The number of allylic oxidation sites excluding steroid dienone is 1. The van der Waals surface area contributed by atoms with Crippen LogP contribution in [-0.4, -0.2) is 24.5 Å². The second kappa shape index (κ2) is 6.54. The predicted molar refractivity (Wildman–Crippen MR) is 52.5 cm³/mol. The minimum Gasteiger partial charge on any atom is -0.373 e. The fourth-order valence-electron chi connectivity index (χ4n) is 0.441. The first kappa shape index (κ1) is 12.0. The number of nitrogens with one attached hydrogen (secondary N) is 2. The third-order valence-corrected chi connectivity index (χ3v) is 2.41. The van der Waals surface area contributed by atoms with Gasteiger partial charge in [0, 0.05) is 17.1 Å². The van der Waals surface area contributed by atoms with Crippen molar-refractivity contribution >= 4 is 38.1 Å². The minimum absolute atomic E-state index is 0.412. The van der Waals surface area contributed by atoms with Gasteiger partial charge in [-0.1, -0.05) is 15.9 Å². The van der Waals surface area contributed by atoms with Crippen LogP contribution in [0.25, 0.3) is 0 Å². The molecule has 6 heteroatoms. The van der Waals surface area contributed by atoms with Crippen molar-refractivity contribution < 1.29 is 8.78 Å². The SMILES string of the molecule is N=C/C(CBr)=C(/Br)NCC(F)F. The Morgan fingerprint density at radius 3 is 2.50 bits per heavy atom. The molecule has 0 atom stereocenters. The van der Waals surface area contributed by atoms with Gasteiger partial charge >= 0.3 is 0 Å². The van der Waals surface area contributed by atoms with Crippen LogP contribution in [0.1, 0.15) is 0 Å². The Kier molecular flexibility index (Phi) is 6.55. The summed E-state index contributed by atoms with van der Waals surface area (Å²) in [5.41, 5.74) is 0.593. The molecule has 0 aromatic heterocycles. The van der Waals surface area contributed by atoms with Crippen molar-refractivity contribution in [1.29, 1.82) is 5.41 Å². The molecule has 0 fully saturated rings. The van der Waals surface area contributed by atoms with E-state index in [1.807, 2.05) is 0 Å². The van der Waals surface area contributed by atoms with Crippen molar-refractivity contribution in [2.45, 2.75) is 6.43 Å². The third-order valence-electron chi connectivity index (χ3n) is 1.01. The number of rotatable bonds is 5. The average Bonchev–Trinajstić information content (AvgIpc) is 2.03. The average molecular weight is 306 g/mol. The van der Waals surface area contributed by atoms with Crippen LogP contribution in [0.15, 0.2) is 10.2 Å². The third kappa shape index (κ3) is 4.82. The summed E-state index contributed by atoms with van der Waals surface area (Å²) in [5, 5.41) is 9.81. The summed E-state index contributed by atoms with van der Waals surface area (Å²) in [6.45, 7) is -0.412. The van der Waals surface area contributed by atoms with Gasteiger partial charge in [-0.3, -0.25) is 0 Å². The first-order valence-electron chi connectivity index (χ1n) is 3.09. The molecular formula is C6H8Br2F2N2. The summed E-state index contributed by atoms with van der Waals surface area (Å²) in [6, 6.07) is 0. The highest BCUT2D eigenvalue weighted by Gasteiger charge is 2.04. The van der Waals surface area contributed by atoms with E-state index in [0.29, 0.717) is 15.5 Å². The zero-order valence-corrected chi connectivity index (χ0v) is 9.25. The molecule has 0 aliphatic carbocycles. The van der Waals surface area contributed by atoms with Crippen LogP contribution >= 0.6 is 31.9 Å². The molecule has 0 heterocycles. The number of alkyl halides is 3. The van der Waals surface area contributed by atoms with Gasteiger partial charge in [-0.25, -0.2) is 8.78 Å². The standard InChI is InChI=1S/C6H8Br2F2N2/c7-1-4(2-11)6(8)12-3-5(9)10/h2,5,11-12H,1,3H2/b6-4-,11-2?. The maximum atomic E-state index is 11.7. The lowest BCUT2D eigenvalue weighted by Crippen LogP contribution is -2.19. The second-order valence-corrected chi connectivity index (χ2v) is 3.24. The van der Waals surface area contributed by atoms with E-state index in [4.69, 9.17) is 5.41 Å². The summed E-state index contributed by atoms with van der Waals surface area (Å²) in [5.74, 6) is 0. The number of hydrogen-bond acceptors (Lipinski definition) is 2. The number of halogens is 4. The molecule has 0 saturated heterocycles.